The SMILES string of the molecule is CC(CCC(=O)NCCc1cnc[nH]1)C(=O)O. The molecule has 1 unspecified atom stereocenters. The Hall–Kier alpha value is -1.85. The van der Waals surface area contributed by atoms with Crippen LogP contribution in [0.15, 0.2) is 12.5 Å². The van der Waals surface area contributed by atoms with Crippen molar-refractivity contribution >= 4 is 11.9 Å². The number of carbonyl (C=O) groups excluding carboxylic acids is 1. The third-order valence-electron chi connectivity index (χ3n) is 2.50. The third-order valence-corrected chi connectivity index (χ3v) is 2.50. The van der Waals surface area contributed by atoms with Gasteiger partial charge in [0, 0.05) is 31.3 Å². The average molecular weight is 239 g/mol. The lowest BCUT2D eigenvalue weighted by molar-refractivity contribution is -0.141. The Morgan fingerprint density at radius 1 is 1.59 bits per heavy atom. The van der Waals surface area contributed by atoms with Crippen molar-refractivity contribution in [1.82, 2.24) is 15.3 Å². The van der Waals surface area contributed by atoms with E-state index in [1.165, 1.54) is 0 Å². The third kappa shape index (κ3) is 5.14. The number of aromatic nitrogens is 2. The van der Waals surface area contributed by atoms with Crippen LogP contribution in [0.1, 0.15) is 25.5 Å². The Morgan fingerprint density at radius 3 is 2.94 bits per heavy atom. The maximum Gasteiger partial charge on any atom is 0.306 e. The zero-order chi connectivity index (χ0) is 12.7. The van der Waals surface area contributed by atoms with Crippen molar-refractivity contribution < 1.29 is 14.7 Å². The van der Waals surface area contributed by atoms with Crippen molar-refractivity contribution in [1.29, 1.82) is 0 Å². The molecule has 1 heterocycles. The molecule has 0 bridgehead atoms. The summed E-state index contributed by atoms with van der Waals surface area (Å²) in [6, 6.07) is 0. The second-order valence-corrected chi connectivity index (χ2v) is 3.95. The maximum atomic E-state index is 11.4. The van der Waals surface area contributed by atoms with E-state index in [0.717, 1.165) is 5.69 Å². The summed E-state index contributed by atoms with van der Waals surface area (Å²) in [7, 11) is 0. The molecule has 0 aliphatic heterocycles. The summed E-state index contributed by atoms with van der Waals surface area (Å²) in [6.45, 7) is 2.13. The predicted molar refractivity (Wildman–Crippen MR) is 61.3 cm³/mol. The fraction of sp³-hybridized carbons (Fsp3) is 0.545. The molecule has 17 heavy (non-hydrogen) atoms. The van der Waals surface area contributed by atoms with E-state index < -0.39 is 11.9 Å². The Kier molecular flexibility index (Phi) is 5.19. The van der Waals surface area contributed by atoms with Gasteiger partial charge < -0.3 is 15.4 Å². The molecule has 0 fully saturated rings. The van der Waals surface area contributed by atoms with Crippen molar-refractivity contribution in [2.75, 3.05) is 6.54 Å². The normalized spacial score (nSPS) is 12.1. The van der Waals surface area contributed by atoms with Gasteiger partial charge in [0.05, 0.1) is 12.2 Å². The molecular weight excluding hydrogens is 222 g/mol. The highest BCUT2D eigenvalue weighted by molar-refractivity contribution is 5.77. The second kappa shape index (κ2) is 6.67. The number of aliphatic carboxylic acids is 1. The number of rotatable bonds is 7. The second-order valence-electron chi connectivity index (χ2n) is 3.95. The van der Waals surface area contributed by atoms with E-state index in [2.05, 4.69) is 15.3 Å². The van der Waals surface area contributed by atoms with Gasteiger partial charge in [0.25, 0.3) is 0 Å². The highest BCUT2D eigenvalue weighted by Gasteiger charge is 2.12. The molecule has 0 aromatic carbocycles. The van der Waals surface area contributed by atoms with Gasteiger partial charge in [-0.15, -0.1) is 0 Å². The van der Waals surface area contributed by atoms with Crippen molar-refractivity contribution in [3.05, 3.63) is 18.2 Å². The van der Waals surface area contributed by atoms with E-state index in [1.54, 1.807) is 19.4 Å². The number of imidazole rings is 1. The molecule has 6 heteroatoms. The first-order valence-corrected chi connectivity index (χ1v) is 5.56. The molecule has 1 rings (SSSR count). The number of hydrogen-bond donors (Lipinski definition) is 3. The number of carbonyl (C=O) groups is 2. The highest BCUT2D eigenvalue weighted by atomic mass is 16.4. The van der Waals surface area contributed by atoms with E-state index in [0.29, 0.717) is 19.4 Å². The molecule has 0 spiro atoms. The fourth-order valence-corrected chi connectivity index (χ4v) is 1.32. The minimum absolute atomic E-state index is 0.113. The van der Waals surface area contributed by atoms with Gasteiger partial charge in [0.15, 0.2) is 0 Å². The lowest BCUT2D eigenvalue weighted by atomic mass is 10.1. The van der Waals surface area contributed by atoms with E-state index in [4.69, 9.17) is 5.11 Å². The van der Waals surface area contributed by atoms with Gasteiger partial charge in [0.2, 0.25) is 5.91 Å². The smallest absolute Gasteiger partial charge is 0.306 e. The maximum absolute atomic E-state index is 11.4. The Balaban J connectivity index is 2.11. The quantitative estimate of drug-likeness (QED) is 0.648. The van der Waals surface area contributed by atoms with Crippen LogP contribution >= 0.6 is 0 Å². The summed E-state index contributed by atoms with van der Waals surface area (Å²) < 4.78 is 0. The number of H-pyrrole nitrogens is 1. The molecule has 0 aliphatic carbocycles. The van der Waals surface area contributed by atoms with E-state index in [1.807, 2.05) is 0 Å². The van der Waals surface area contributed by atoms with Crippen LogP contribution in [0.2, 0.25) is 0 Å². The zero-order valence-corrected chi connectivity index (χ0v) is 9.77. The molecule has 0 saturated heterocycles. The Labute approximate surface area is 99.4 Å². The van der Waals surface area contributed by atoms with Crippen molar-refractivity contribution in [3.63, 3.8) is 0 Å². The molecule has 94 valence electrons. The molecule has 1 amide bonds. The number of nitrogens with zero attached hydrogens (tertiary/aromatic N) is 1. The van der Waals surface area contributed by atoms with E-state index >= 15 is 0 Å². The number of hydrogen-bond acceptors (Lipinski definition) is 3. The van der Waals surface area contributed by atoms with Gasteiger partial charge in [-0.25, -0.2) is 4.98 Å². The molecule has 0 saturated carbocycles. The number of carboxylic acid groups (broad SMARTS) is 1. The first-order chi connectivity index (χ1) is 8.09. The van der Waals surface area contributed by atoms with Crippen LogP contribution in [0.25, 0.3) is 0 Å². The van der Waals surface area contributed by atoms with Crippen molar-refractivity contribution in [2.45, 2.75) is 26.2 Å². The first-order valence-electron chi connectivity index (χ1n) is 5.56. The molecule has 0 radical (unpaired) electrons. The standard InChI is InChI=1S/C11H17N3O3/c1-8(11(16)17)2-3-10(15)13-5-4-9-6-12-7-14-9/h6-8H,2-5H2,1H3,(H,12,14)(H,13,15)(H,16,17). The van der Waals surface area contributed by atoms with Gasteiger partial charge in [0.1, 0.15) is 0 Å². The number of amides is 1. The first kappa shape index (κ1) is 13.2. The van der Waals surface area contributed by atoms with Crippen LogP contribution in [-0.4, -0.2) is 33.5 Å². The van der Waals surface area contributed by atoms with Gasteiger partial charge in [-0.05, 0) is 6.42 Å². The minimum Gasteiger partial charge on any atom is -0.481 e. The summed E-state index contributed by atoms with van der Waals surface area (Å²) in [4.78, 5) is 28.7. The van der Waals surface area contributed by atoms with Gasteiger partial charge in [-0.3, -0.25) is 9.59 Å². The number of aromatic amines is 1. The van der Waals surface area contributed by atoms with Crippen LogP contribution in [0.4, 0.5) is 0 Å². The van der Waals surface area contributed by atoms with Crippen molar-refractivity contribution in [2.24, 2.45) is 5.92 Å². The Bertz CT molecular complexity index is 362. The molecule has 6 nitrogen and oxygen atoms in total. The summed E-state index contributed by atoms with van der Waals surface area (Å²) >= 11 is 0. The topological polar surface area (TPSA) is 95.1 Å². The summed E-state index contributed by atoms with van der Waals surface area (Å²) in [5, 5.41) is 11.4. The predicted octanol–water partition coefficient (Wildman–Crippen LogP) is 0.569. The Morgan fingerprint density at radius 2 is 2.35 bits per heavy atom. The fourth-order valence-electron chi connectivity index (χ4n) is 1.32. The summed E-state index contributed by atoms with van der Waals surface area (Å²) in [5.74, 6) is -1.46. The van der Waals surface area contributed by atoms with Gasteiger partial charge in [-0.1, -0.05) is 6.92 Å². The molecule has 1 aromatic heterocycles. The minimum atomic E-state index is -0.866. The largest absolute Gasteiger partial charge is 0.481 e. The highest BCUT2D eigenvalue weighted by Crippen LogP contribution is 2.04. The molecule has 1 aromatic rings. The summed E-state index contributed by atoms with van der Waals surface area (Å²) in [6.07, 6.45) is 4.60. The van der Waals surface area contributed by atoms with E-state index in [9.17, 15) is 9.59 Å². The molecule has 0 aliphatic rings. The monoisotopic (exact) mass is 239 g/mol. The zero-order valence-electron chi connectivity index (χ0n) is 9.77. The van der Waals surface area contributed by atoms with Crippen LogP contribution in [-0.2, 0) is 16.0 Å². The van der Waals surface area contributed by atoms with Crippen molar-refractivity contribution in [3.8, 4) is 0 Å². The van der Waals surface area contributed by atoms with E-state index in [-0.39, 0.29) is 12.3 Å². The molecule has 1 atom stereocenters. The molecule has 3 N–H and O–H groups in total. The summed E-state index contributed by atoms with van der Waals surface area (Å²) in [5.41, 5.74) is 0.962. The number of carboxylic acids is 1. The lowest BCUT2D eigenvalue weighted by Gasteiger charge is -2.06. The van der Waals surface area contributed by atoms with Crippen LogP contribution in [0, 0.1) is 5.92 Å². The lowest BCUT2D eigenvalue weighted by Crippen LogP contribution is -2.26. The average Bonchev–Trinajstić information content (AvgIpc) is 2.78. The van der Waals surface area contributed by atoms with Crippen LogP contribution in [0.5, 0.6) is 0 Å². The molecular formula is C11H17N3O3. The van der Waals surface area contributed by atoms with Crippen LogP contribution in [0.3, 0.4) is 0 Å². The van der Waals surface area contributed by atoms with Gasteiger partial charge >= 0.3 is 5.97 Å². The number of nitrogens with one attached hydrogen (secondary N) is 2. The van der Waals surface area contributed by atoms with Crippen LogP contribution < -0.4 is 5.32 Å². The van der Waals surface area contributed by atoms with Gasteiger partial charge in [-0.2, -0.15) is 0 Å².